The fourth-order valence-corrected chi connectivity index (χ4v) is 3.96. The first-order valence-electron chi connectivity index (χ1n) is 10.5. The van der Waals surface area contributed by atoms with Crippen LogP contribution in [-0.2, 0) is 22.5 Å². The van der Waals surface area contributed by atoms with Gasteiger partial charge in [0.25, 0.3) is 0 Å². The molecule has 2 aromatic carbocycles. The van der Waals surface area contributed by atoms with Gasteiger partial charge in [-0.25, -0.2) is 0 Å². The van der Waals surface area contributed by atoms with Crippen LogP contribution in [0.1, 0.15) is 39.3 Å². The fourth-order valence-electron chi connectivity index (χ4n) is 3.96. The molecule has 5 nitrogen and oxygen atoms in total. The summed E-state index contributed by atoms with van der Waals surface area (Å²) < 4.78 is 7.40. The zero-order valence-electron chi connectivity index (χ0n) is 17.9. The van der Waals surface area contributed by atoms with Gasteiger partial charge >= 0.3 is 5.97 Å². The van der Waals surface area contributed by atoms with Gasteiger partial charge in [0.1, 0.15) is 0 Å². The van der Waals surface area contributed by atoms with Crippen LogP contribution >= 0.6 is 0 Å². The first-order chi connectivity index (χ1) is 15.0. The van der Waals surface area contributed by atoms with E-state index >= 15 is 0 Å². The molecule has 0 aliphatic rings. The van der Waals surface area contributed by atoms with Crippen molar-refractivity contribution in [3.05, 3.63) is 94.9 Å². The lowest BCUT2D eigenvalue weighted by Crippen LogP contribution is -2.15. The molecule has 4 rings (SSSR count). The number of aromatic nitrogens is 2. The number of aromatic amines is 1. The summed E-state index contributed by atoms with van der Waals surface area (Å²) in [5, 5.41) is 1.11. The molecular weight excluding hydrogens is 388 g/mol. The highest BCUT2D eigenvalue weighted by Gasteiger charge is 2.18. The average molecular weight is 415 g/mol. The molecule has 0 fully saturated rings. The van der Waals surface area contributed by atoms with Gasteiger partial charge in [0.05, 0.1) is 0 Å². The van der Waals surface area contributed by atoms with Gasteiger partial charge in [-0.1, -0.05) is 48.5 Å². The highest BCUT2D eigenvalue weighted by molar-refractivity contribution is 5.99. The summed E-state index contributed by atoms with van der Waals surface area (Å²) in [5.41, 5.74) is 5.80. The number of nitrogens with zero attached hydrogens (tertiary/aromatic N) is 1. The number of para-hydroxylation sites is 1. The number of carbonyl (C=O) groups is 2. The second-order valence-electron chi connectivity index (χ2n) is 7.80. The van der Waals surface area contributed by atoms with E-state index in [9.17, 15) is 9.59 Å². The molecule has 0 saturated heterocycles. The van der Waals surface area contributed by atoms with E-state index < -0.39 is 0 Å². The smallest absolute Gasteiger partial charge is 0.306 e. The third kappa shape index (κ3) is 4.61. The predicted molar refractivity (Wildman–Crippen MR) is 121 cm³/mol. The third-order valence-corrected chi connectivity index (χ3v) is 5.70. The van der Waals surface area contributed by atoms with E-state index in [1.807, 2.05) is 68.6 Å². The molecule has 158 valence electrons. The maximum absolute atomic E-state index is 12.7. The molecule has 31 heavy (non-hydrogen) atoms. The van der Waals surface area contributed by atoms with Gasteiger partial charge in [0, 0.05) is 47.0 Å². The van der Waals surface area contributed by atoms with Crippen LogP contribution in [0.4, 0.5) is 0 Å². The maximum Gasteiger partial charge on any atom is 0.306 e. The number of benzene rings is 2. The molecule has 2 heterocycles. The third-order valence-electron chi connectivity index (χ3n) is 5.70. The number of hydrogen-bond donors (Lipinski definition) is 1. The zero-order valence-corrected chi connectivity index (χ0v) is 17.9. The molecule has 0 spiro atoms. The van der Waals surface area contributed by atoms with E-state index in [4.69, 9.17) is 4.74 Å². The minimum absolute atomic E-state index is 0.173. The Bertz CT molecular complexity index is 1220. The lowest BCUT2D eigenvalue weighted by Gasteiger charge is -2.10. The Hall–Kier alpha value is -3.60. The molecule has 0 aliphatic heterocycles. The van der Waals surface area contributed by atoms with Crippen molar-refractivity contribution in [3.63, 3.8) is 0 Å². The van der Waals surface area contributed by atoms with Gasteiger partial charge in [-0.15, -0.1) is 0 Å². The highest BCUT2D eigenvalue weighted by atomic mass is 16.5. The lowest BCUT2D eigenvalue weighted by molar-refractivity contribution is -0.142. The van der Waals surface area contributed by atoms with Crippen molar-refractivity contribution >= 4 is 22.7 Å². The van der Waals surface area contributed by atoms with E-state index in [2.05, 4.69) is 21.7 Å². The first-order valence-corrected chi connectivity index (χ1v) is 10.5. The first kappa shape index (κ1) is 20.7. The van der Waals surface area contributed by atoms with Gasteiger partial charge in [-0.3, -0.25) is 9.59 Å². The quantitative estimate of drug-likeness (QED) is 0.326. The number of H-pyrrole nitrogens is 1. The van der Waals surface area contributed by atoms with Gasteiger partial charge in [-0.2, -0.15) is 0 Å². The minimum Gasteiger partial charge on any atom is -0.457 e. The van der Waals surface area contributed by atoms with E-state index in [0.29, 0.717) is 18.5 Å². The largest absolute Gasteiger partial charge is 0.457 e. The van der Waals surface area contributed by atoms with E-state index in [-0.39, 0.29) is 24.8 Å². The molecule has 0 bridgehead atoms. The molecule has 0 unspecified atom stereocenters. The summed E-state index contributed by atoms with van der Waals surface area (Å²) in [6, 6.07) is 20.0. The number of rotatable bonds is 8. The highest BCUT2D eigenvalue weighted by Crippen LogP contribution is 2.20. The number of aryl methyl sites for hydroxylation is 2. The molecule has 0 amide bonds. The Kier molecular flexibility index (Phi) is 6.03. The van der Waals surface area contributed by atoms with Gasteiger partial charge in [-0.05, 0) is 43.5 Å². The zero-order chi connectivity index (χ0) is 21.8. The number of ether oxygens (including phenoxy) is 1. The van der Waals surface area contributed by atoms with Crippen LogP contribution in [-0.4, -0.2) is 27.9 Å². The molecule has 0 saturated carbocycles. The number of ketones is 1. The molecular formula is C26H26N2O3. The Labute approximate surface area is 181 Å². The normalized spacial score (nSPS) is 11.0. The van der Waals surface area contributed by atoms with Gasteiger partial charge < -0.3 is 14.3 Å². The maximum atomic E-state index is 12.7. The number of esters is 1. The number of Topliss-reactive ketones (excluding diaryl/α,β-unsaturated/α-hetero) is 1. The van der Waals surface area contributed by atoms with Crippen LogP contribution in [0.3, 0.4) is 0 Å². The SMILES string of the molecule is Cc1cc(C(=O)COC(=O)CCc2c[nH]c3ccccc23)c(C)n1Cc1ccccc1. The minimum atomic E-state index is -0.364. The second kappa shape index (κ2) is 9.04. The molecule has 1 N–H and O–H groups in total. The lowest BCUT2D eigenvalue weighted by atomic mass is 10.1. The van der Waals surface area contributed by atoms with E-state index in [1.54, 1.807) is 0 Å². The van der Waals surface area contributed by atoms with Crippen LogP contribution in [0, 0.1) is 13.8 Å². The van der Waals surface area contributed by atoms with Crippen molar-refractivity contribution in [2.45, 2.75) is 33.2 Å². The molecule has 0 aliphatic carbocycles. The summed E-state index contributed by atoms with van der Waals surface area (Å²) in [6.45, 7) is 4.39. The van der Waals surface area contributed by atoms with Crippen LogP contribution < -0.4 is 0 Å². The molecule has 0 atom stereocenters. The van der Waals surface area contributed by atoms with Crippen LogP contribution in [0.5, 0.6) is 0 Å². The molecule has 0 radical (unpaired) electrons. The molecule has 2 aromatic heterocycles. The molecule has 5 heteroatoms. The average Bonchev–Trinajstić information content (AvgIpc) is 3.33. The standard InChI is InChI=1S/C26H26N2O3/c1-18-14-23(19(2)28(18)16-20-8-4-3-5-9-20)25(29)17-31-26(30)13-12-21-15-27-24-11-7-6-10-22(21)24/h3-11,14-15,27H,12-13,16-17H2,1-2H3. The van der Waals surface area contributed by atoms with Crippen molar-refractivity contribution in [1.29, 1.82) is 0 Å². The summed E-state index contributed by atoms with van der Waals surface area (Å²) in [4.78, 5) is 28.1. The Morgan fingerprint density at radius 1 is 1.00 bits per heavy atom. The van der Waals surface area contributed by atoms with Crippen molar-refractivity contribution in [2.24, 2.45) is 0 Å². The Morgan fingerprint density at radius 3 is 2.55 bits per heavy atom. The van der Waals surface area contributed by atoms with Crippen LogP contribution in [0.25, 0.3) is 10.9 Å². The topological polar surface area (TPSA) is 64.1 Å². The van der Waals surface area contributed by atoms with Crippen molar-refractivity contribution < 1.29 is 14.3 Å². The van der Waals surface area contributed by atoms with Gasteiger partial charge in [0.2, 0.25) is 5.78 Å². The van der Waals surface area contributed by atoms with Crippen LogP contribution in [0.15, 0.2) is 66.9 Å². The van der Waals surface area contributed by atoms with E-state index in [1.165, 1.54) is 5.56 Å². The Morgan fingerprint density at radius 2 is 1.74 bits per heavy atom. The van der Waals surface area contributed by atoms with E-state index in [0.717, 1.165) is 27.9 Å². The monoisotopic (exact) mass is 414 g/mol. The Balaban J connectivity index is 1.34. The number of nitrogens with one attached hydrogen (secondary N) is 1. The second-order valence-corrected chi connectivity index (χ2v) is 7.80. The van der Waals surface area contributed by atoms with Crippen LogP contribution in [0.2, 0.25) is 0 Å². The van der Waals surface area contributed by atoms with Crippen molar-refractivity contribution in [1.82, 2.24) is 9.55 Å². The number of carbonyl (C=O) groups excluding carboxylic acids is 2. The summed E-state index contributed by atoms with van der Waals surface area (Å²) >= 11 is 0. The van der Waals surface area contributed by atoms with Gasteiger partial charge in [0.15, 0.2) is 6.61 Å². The summed E-state index contributed by atoms with van der Waals surface area (Å²) in [6.07, 6.45) is 2.73. The predicted octanol–water partition coefficient (Wildman–Crippen LogP) is 4.99. The summed E-state index contributed by atoms with van der Waals surface area (Å²) in [7, 11) is 0. The van der Waals surface area contributed by atoms with Crippen molar-refractivity contribution in [3.8, 4) is 0 Å². The number of fused-ring (bicyclic) bond motifs is 1. The molecule has 4 aromatic rings. The number of hydrogen-bond acceptors (Lipinski definition) is 3. The summed E-state index contributed by atoms with van der Waals surface area (Å²) in [5.74, 6) is -0.537. The fraction of sp³-hybridized carbons (Fsp3) is 0.231. The van der Waals surface area contributed by atoms with Crippen molar-refractivity contribution in [2.75, 3.05) is 6.61 Å².